The molecule has 0 fully saturated rings. The molecule has 0 atom stereocenters. The summed E-state index contributed by atoms with van der Waals surface area (Å²) in [6, 6.07) is 0. The molecular formula is C17H19ClN6OS. The zero-order valence-electron chi connectivity index (χ0n) is 14.2. The largest absolute Gasteiger partial charge is 0.352 e. The Balaban J connectivity index is 1.34. The van der Waals surface area contributed by atoms with Crippen LogP contribution in [0.2, 0.25) is 5.15 Å². The molecule has 0 saturated heterocycles. The highest BCUT2D eigenvalue weighted by Crippen LogP contribution is 2.22. The summed E-state index contributed by atoms with van der Waals surface area (Å²) in [4.78, 5) is 17.1. The molecule has 4 heterocycles. The maximum atomic E-state index is 12.1. The van der Waals surface area contributed by atoms with Gasteiger partial charge in [-0.25, -0.2) is 4.98 Å². The predicted octanol–water partition coefficient (Wildman–Crippen LogP) is 2.74. The summed E-state index contributed by atoms with van der Waals surface area (Å²) in [6.07, 6.45) is 10.3. The molecule has 0 aliphatic carbocycles. The molecule has 9 heteroatoms. The average Bonchev–Trinajstić information content (AvgIpc) is 3.24. The van der Waals surface area contributed by atoms with Crippen LogP contribution in [0, 0.1) is 0 Å². The maximum Gasteiger partial charge on any atom is 0.244 e. The molecule has 0 spiro atoms. The van der Waals surface area contributed by atoms with Crippen LogP contribution < -0.4 is 5.32 Å². The van der Waals surface area contributed by atoms with Gasteiger partial charge in [0.25, 0.3) is 0 Å². The van der Waals surface area contributed by atoms with E-state index in [1.807, 2.05) is 16.0 Å². The minimum Gasteiger partial charge on any atom is -0.352 e. The van der Waals surface area contributed by atoms with E-state index in [-0.39, 0.29) is 5.91 Å². The molecule has 1 aliphatic rings. The summed E-state index contributed by atoms with van der Waals surface area (Å²) in [6.45, 7) is 1.50. The van der Waals surface area contributed by atoms with Crippen LogP contribution in [-0.2, 0) is 24.2 Å². The first kappa shape index (κ1) is 17.2. The lowest BCUT2D eigenvalue weighted by Gasteiger charge is -2.07. The van der Waals surface area contributed by atoms with Gasteiger partial charge >= 0.3 is 0 Å². The van der Waals surface area contributed by atoms with Crippen molar-refractivity contribution in [1.82, 2.24) is 29.5 Å². The lowest BCUT2D eigenvalue weighted by Crippen LogP contribution is -2.24. The van der Waals surface area contributed by atoms with Crippen molar-refractivity contribution in [2.24, 2.45) is 0 Å². The van der Waals surface area contributed by atoms with Crippen molar-refractivity contribution in [3.63, 3.8) is 0 Å². The van der Waals surface area contributed by atoms with Gasteiger partial charge in [0.05, 0.1) is 5.69 Å². The van der Waals surface area contributed by atoms with Crippen LogP contribution in [0.15, 0.2) is 17.7 Å². The molecular weight excluding hydrogens is 372 g/mol. The second-order valence-electron chi connectivity index (χ2n) is 6.21. The summed E-state index contributed by atoms with van der Waals surface area (Å²) in [7, 11) is 0. The highest BCUT2D eigenvalue weighted by molar-refractivity contribution is 7.15. The highest BCUT2D eigenvalue weighted by Gasteiger charge is 2.14. The molecule has 136 valence electrons. The predicted molar refractivity (Wildman–Crippen MR) is 101 cm³/mol. The Hall–Kier alpha value is -2.19. The van der Waals surface area contributed by atoms with Gasteiger partial charge in [-0.05, 0) is 18.9 Å². The third-order valence-corrected chi connectivity index (χ3v) is 5.52. The quantitative estimate of drug-likeness (QED) is 0.679. The number of hydrogen-bond donors (Lipinski definition) is 1. The number of amides is 1. The SMILES string of the molecule is O=C(/C=C/c1c(Cl)nc2sccn12)NCCc1nnc2n1CCCCC2. The molecule has 1 N–H and O–H groups in total. The first-order valence-corrected chi connectivity index (χ1v) is 9.96. The summed E-state index contributed by atoms with van der Waals surface area (Å²) in [5, 5.41) is 13.8. The van der Waals surface area contributed by atoms with Crippen molar-refractivity contribution in [1.29, 1.82) is 0 Å². The zero-order valence-corrected chi connectivity index (χ0v) is 15.8. The smallest absolute Gasteiger partial charge is 0.244 e. The number of fused-ring (bicyclic) bond motifs is 2. The van der Waals surface area contributed by atoms with Gasteiger partial charge in [-0.3, -0.25) is 9.20 Å². The normalized spacial score (nSPS) is 14.7. The van der Waals surface area contributed by atoms with Crippen LogP contribution in [0.3, 0.4) is 0 Å². The lowest BCUT2D eigenvalue weighted by atomic mass is 10.2. The number of thiazole rings is 1. The summed E-state index contributed by atoms with van der Waals surface area (Å²) in [5.74, 6) is 1.85. The topological polar surface area (TPSA) is 77.1 Å². The van der Waals surface area contributed by atoms with E-state index in [1.54, 1.807) is 6.08 Å². The van der Waals surface area contributed by atoms with Crippen molar-refractivity contribution in [2.45, 2.75) is 38.6 Å². The van der Waals surface area contributed by atoms with Crippen LogP contribution in [0.4, 0.5) is 0 Å². The van der Waals surface area contributed by atoms with E-state index < -0.39 is 0 Å². The summed E-state index contributed by atoms with van der Waals surface area (Å²) < 4.78 is 4.07. The Kier molecular flexibility index (Phi) is 5.03. The average molecular weight is 391 g/mol. The first-order chi connectivity index (χ1) is 12.7. The standard InChI is InChI=1S/C17H19ClN6OS/c18-16-12(23-10-11-26-17(23)20-16)5-6-15(25)19-8-7-14-22-21-13-4-2-1-3-9-24(13)14/h5-6,10-11H,1-4,7-9H2,(H,19,25)/b6-5+. The molecule has 26 heavy (non-hydrogen) atoms. The van der Waals surface area contributed by atoms with Gasteiger partial charge in [0.15, 0.2) is 10.1 Å². The molecule has 3 aromatic heterocycles. The Morgan fingerprint density at radius 2 is 2.27 bits per heavy atom. The lowest BCUT2D eigenvalue weighted by molar-refractivity contribution is -0.116. The van der Waals surface area contributed by atoms with Crippen molar-refractivity contribution in [2.75, 3.05) is 6.54 Å². The molecule has 4 rings (SSSR count). The van der Waals surface area contributed by atoms with Crippen molar-refractivity contribution in [3.05, 3.63) is 40.1 Å². The third kappa shape index (κ3) is 3.52. The molecule has 1 aliphatic heterocycles. The fourth-order valence-electron chi connectivity index (χ4n) is 3.17. The molecule has 1 amide bonds. The monoisotopic (exact) mass is 390 g/mol. The minimum absolute atomic E-state index is 0.165. The Morgan fingerprint density at radius 1 is 1.35 bits per heavy atom. The summed E-state index contributed by atoms with van der Waals surface area (Å²) >= 11 is 7.62. The van der Waals surface area contributed by atoms with Crippen LogP contribution in [0.25, 0.3) is 11.0 Å². The molecule has 0 radical (unpaired) electrons. The van der Waals surface area contributed by atoms with Crippen LogP contribution in [-0.4, -0.2) is 36.6 Å². The minimum atomic E-state index is -0.165. The molecule has 0 unspecified atom stereocenters. The molecule has 0 saturated carbocycles. The van der Waals surface area contributed by atoms with E-state index >= 15 is 0 Å². The van der Waals surface area contributed by atoms with Crippen LogP contribution in [0.5, 0.6) is 0 Å². The fourth-order valence-corrected chi connectivity index (χ4v) is 4.17. The van der Waals surface area contributed by atoms with Gasteiger partial charge in [-0.1, -0.05) is 18.0 Å². The number of aryl methyl sites for hydroxylation is 1. The first-order valence-electron chi connectivity index (χ1n) is 8.70. The summed E-state index contributed by atoms with van der Waals surface area (Å²) in [5.41, 5.74) is 0.709. The van der Waals surface area contributed by atoms with E-state index in [0.29, 0.717) is 23.8 Å². The number of aromatic nitrogens is 5. The van der Waals surface area contributed by atoms with Crippen LogP contribution in [0.1, 0.15) is 36.6 Å². The van der Waals surface area contributed by atoms with E-state index in [2.05, 4.69) is 25.1 Å². The van der Waals surface area contributed by atoms with Gasteiger partial charge in [0.1, 0.15) is 11.6 Å². The van der Waals surface area contributed by atoms with E-state index in [0.717, 1.165) is 36.0 Å². The molecule has 7 nitrogen and oxygen atoms in total. The fraction of sp³-hybridized carbons (Fsp3) is 0.412. The second kappa shape index (κ2) is 7.59. The maximum absolute atomic E-state index is 12.1. The second-order valence-corrected chi connectivity index (χ2v) is 7.44. The number of hydrogen-bond acceptors (Lipinski definition) is 5. The zero-order chi connectivity index (χ0) is 17.9. The van der Waals surface area contributed by atoms with Gasteiger partial charge in [0.2, 0.25) is 5.91 Å². The number of rotatable bonds is 5. The van der Waals surface area contributed by atoms with Crippen molar-refractivity contribution < 1.29 is 4.79 Å². The van der Waals surface area contributed by atoms with Gasteiger partial charge in [-0.15, -0.1) is 21.5 Å². The number of carbonyl (C=O) groups excluding carboxylic acids is 1. The number of imidazole rings is 1. The third-order valence-electron chi connectivity index (χ3n) is 4.48. The number of carbonyl (C=O) groups is 1. The number of halogens is 1. The molecule has 0 bridgehead atoms. The highest BCUT2D eigenvalue weighted by atomic mass is 35.5. The van der Waals surface area contributed by atoms with Gasteiger partial charge in [-0.2, -0.15) is 0 Å². The van der Waals surface area contributed by atoms with E-state index in [1.165, 1.54) is 30.3 Å². The Morgan fingerprint density at radius 3 is 3.19 bits per heavy atom. The molecule has 0 aromatic carbocycles. The molecule has 3 aromatic rings. The van der Waals surface area contributed by atoms with Crippen LogP contribution >= 0.6 is 22.9 Å². The van der Waals surface area contributed by atoms with Crippen molar-refractivity contribution >= 4 is 39.9 Å². The van der Waals surface area contributed by atoms with Gasteiger partial charge in [0, 0.05) is 43.6 Å². The van der Waals surface area contributed by atoms with Gasteiger partial charge < -0.3 is 9.88 Å². The number of nitrogens with one attached hydrogen (secondary N) is 1. The Bertz CT molecular complexity index is 956. The van der Waals surface area contributed by atoms with E-state index in [4.69, 9.17) is 11.6 Å². The number of nitrogens with zero attached hydrogens (tertiary/aromatic N) is 5. The Labute approximate surface area is 159 Å². The van der Waals surface area contributed by atoms with Crippen molar-refractivity contribution in [3.8, 4) is 0 Å². The van der Waals surface area contributed by atoms with E-state index in [9.17, 15) is 4.79 Å².